The highest BCUT2D eigenvalue weighted by Gasteiger charge is 2.26. The maximum absolute atomic E-state index is 11.2. The number of hydrogen-bond donors (Lipinski definition) is 2. The van der Waals surface area contributed by atoms with Gasteiger partial charge in [0, 0.05) is 25.2 Å². The van der Waals surface area contributed by atoms with Gasteiger partial charge in [0.1, 0.15) is 5.69 Å². The summed E-state index contributed by atoms with van der Waals surface area (Å²) < 4.78 is 0. The van der Waals surface area contributed by atoms with Gasteiger partial charge in [-0.05, 0) is 31.4 Å². The molecular formula is C15H23N3O3. The lowest BCUT2D eigenvalue weighted by molar-refractivity contribution is -0.384. The van der Waals surface area contributed by atoms with Crippen LogP contribution < -0.4 is 5.32 Å². The Bertz CT molecular complexity index is 493. The van der Waals surface area contributed by atoms with E-state index < -0.39 is 0 Å². The molecule has 0 saturated carbocycles. The van der Waals surface area contributed by atoms with E-state index in [9.17, 15) is 15.2 Å². The lowest BCUT2D eigenvalue weighted by Gasteiger charge is -2.24. The summed E-state index contributed by atoms with van der Waals surface area (Å²) in [6, 6.07) is 5.37. The number of nitrogens with one attached hydrogen (secondary N) is 1. The Hall–Kier alpha value is -1.66. The van der Waals surface area contributed by atoms with E-state index in [0.717, 1.165) is 31.4 Å². The first-order valence-corrected chi connectivity index (χ1v) is 7.52. The van der Waals surface area contributed by atoms with Gasteiger partial charge < -0.3 is 10.4 Å². The average molecular weight is 293 g/mol. The number of para-hydroxylation sites is 1. The molecule has 1 aliphatic rings. The van der Waals surface area contributed by atoms with Crippen molar-refractivity contribution in [3.05, 3.63) is 33.9 Å². The summed E-state index contributed by atoms with van der Waals surface area (Å²) in [7, 11) is 0. The van der Waals surface area contributed by atoms with Gasteiger partial charge in [0.25, 0.3) is 5.69 Å². The third-order valence-corrected chi connectivity index (χ3v) is 3.96. The largest absolute Gasteiger partial charge is 0.395 e. The zero-order chi connectivity index (χ0) is 15.2. The fourth-order valence-corrected chi connectivity index (χ4v) is 2.85. The first-order chi connectivity index (χ1) is 10.2. The number of nitro benzene ring substituents is 1. The molecule has 21 heavy (non-hydrogen) atoms. The van der Waals surface area contributed by atoms with Crippen molar-refractivity contribution in [1.82, 2.24) is 4.90 Å². The topological polar surface area (TPSA) is 78.6 Å². The van der Waals surface area contributed by atoms with Crippen molar-refractivity contribution >= 4 is 11.4 Å². The number of nitro groups is 1. The number of likely N-dealkylation sites (tertiary alicyclic amines) is 1. The van der Waals surface area contributed by atoms with Gasteiger partial charge in [0.2, 0.25) is 0 Å². The smallest absolute Gasteiger partial charge is 0.292 e. The maximum Gasteiger partial charge on any atom is 0.292 e. The van der Waals surface area contributed by atoms with Gasteiger partial charge in [0.05, 0.1) is 11.5 Å². The van der Waals surface area contributed by atoms with Crippen molar-refractivity contribution in [3.63, 3.8) is 0 Å². The molecule has 6 nitrogen and oxygen atoms in total. The van der Waals surface area contributed by atoms with E-state index in [4.69, 9.17) is 0 Å². The molecule has 1 heterocycles. The summed E-state index contributed by atoms with van der Waals surface area (Å²) >= 11 is 0. The van der Waals surface area contributed by atoms with E-state index >= 15 is 0 Å². The van der Waals surface area contributed by atoms with Gasteiger partial charge in [-0.25, -0.2) is 0 Å². The minimum Gasteiger partial charge on any atom is -0.395 e. The van der Waals surface area contributed by atoms with Crippen LogP contribution in [0.25, 0.3) is 0 Å². The van der Waals surface area contributed by atoms with Gasteiger partial charge in [-0.15, -0.1) is 0 Å². The van der Waals surface area contributed by atoms with Crippen LogP contribution in [-0.2, 0) is 6.54 Å². The van der Waals surface area contributed by atoms with E-state index in [2.05, 4.69) is 10.2 Å². The minimum atomic E-state index is -0.338. The van der Waals surface area contributed by atoms with Crippen molar-refractivity contribution in [2.75, 3.05) is 25.0 Å². The zero-order valence-electron chi connectivity index (χ0n) is 12.4. The number of aliphatic hydroxyl groups is 1. The highest BCUT2D eigenvalue weighted by molar-refractivity contribution is 5.66. The molecule has 1 unspecified atom stereocenters. The van der Waals surface area contributed by atoms with Gasteiger partial charge in [-0.2, -0.15) is 0 Å². The van der Waals surface area contributed by atoms with E-state index in [1.54, 1.807) is 6.07 Å². The van der Waals surface area contributed by atoms with Crippen molar-refractivity contribution in [2.45, 2.75) is 38.8 Å². The van der Waals surface area contributed by atoms with Crippen molar-refractivity contribution in [1.29, 1.82) is 0 Å². The number of benzene rings is 1. The van der Waals surface area contributed by atoms with Gasteiger partial charge in [0.15, 0.2) is 0 Å². The summed E-state index contributed by atoms with van der Waals surface area (Å²) in [6.07, 6.45) is 2.97. The maximum atomic E-state index is 11.2. The molecule has 1 aliphatic heterocycles. The third-order valence-electron chi connectivity index (χ3n) is 3.96. The number of anilines is 1. The molecular weight excluding hydrogens is 270 g/mol. The monoisotopic (exact) mass is 293 g/mol. The second-order valence-electron chi connectivity index (χ2n) is 5.44. The summed E-state index contributed by atoms with van der Waals surface area (Å²) in [5, 5.41) is 23.8. The van der Waals surface area contributed by atoms with Crippen LogP contribution in [0, 0.1) is 10.1 Å². The molecule has 6 heteroatoms. The van der Waals surface area contributed by atoms with E-state index in [1.165, 1.54) is 6.07 Å². The summed E-state index contributed by atoms with van der Waals surface area (Å²) in [6.45, 7) is 4.46. The molecule has 2 rings (SSSR count). The van der Waals surface area contributed by atoms with Crippen LogP contribution in [0.2, 0.25) is 0 Å². The molecule has 0 bridgehead atoms. The number of nitrogens with zero attached hydrogens (tertiary/aromatic N) is 2. The third kappa shape index (κ3) is 3.71. The van der Waals surface area contributed by atoms with Crippen LogP contribution in [0.1, 0.15) is 31.7 Å². The lowest BCUT2D eigenvalue weighted by atomic mass is 10.1. The second-order valence-corrected chi connectivity index (χ2v) is 5.44. The Morgan fingerprint density at radius 1 is 1.52 bits per heavy atom. The first-order valence-electron chi connectivity index (χ1n) is 7.52. The molecule has 1 saturated heterocycles. The number of aliphatic hydroxyl groups excluding tert-OH is 1. The van der Waals surface area contributed by atoms with Crippen LogP contribution in [0.3, 0.4) is 0 Å². The average Bonchev–Trinajstić information content (AvgIpc) is 2.92. The molecule has 0 aliphatic carbocycles. The minimum absolute atomic E-state index is 0.126. The molecule has 0 aromatic heterocycles. The fourth-order valence-electron chi connectivity index (χ4n) is 2.85. The zero-order valence-corrected chi connectivity index (χ0v) is 12.4. The molecule has 0 amide bonds. The van der Waals surface area contributed by atoms with E-state index in [1.807, 2.05) is 13.0 Å². The molecule has 2 N–H and O–H groups in total. The van der Waals surface area contributed by atoms with Crippen LogP contribution >= 0.6 is 0 Å². The fraction of sp³-hybridized carbons (Fsp3) is 0.600. The van der Waals surface area contributed by atoms with Crippen LogP contribution in [0.4, 0.5) is 11.4 Å². The Morgan fingerprint density at radius 3 is 3.00 bits per heavy atom. The Balaban J connectivity index is 2.24. The lowest BCUT2D eigenvalue weighted by Crippen LogP contribution is -2.32. The summed E-state index contributed by atoms with van der Waals surface area (Å²) in [5.74, 6) is 0. The molecule has 1 fully saturated rings. The Morgan fingerprint density at radius 2 is 2.33 bits per heavy atom. The van der Waals surface area contributed by atoms with Crippen molar-refractivity contribution < 1.29 is 10.0 Å². The molecule has 1 aromatic rings. The second kappa shape index (κ2) is 7.38. The Kier molecular flexibility index (Phi) is 5.52. The quantitative estimate of drug-likeness (QED) is 0.596. The van der Waals surface area contributed by atoms with E-state index in [0.29, 0.717) is 18.8 Å². The molecule has 1 atom stereocenters. The van der Waals surface area contributed by atoms with Gasteiger partial charge in [-0.1, -0.05) is 19.1 Å². The van der Waals surface area contributed by atoms with Crippen LogP contribution in [-0.4, -0.2) is 40.7 Å². The highest BCUT2D eigenvalue weighted by Crippen LogP contribution is 2.31. The standard InChI is InChI=1S/C15H23N3O3/c1-2-8-16-15-12(5-3-7-14(15)18(20)21)10-17-9-4-6-13(17)11-19/h3,5,7,13,16,19H,2,4,6,8-11H2,1H3. The number of hydrogen-bond acceptors (Lipinski definition) is 5. The van der Waals surface area contributed by atoms with Crippen LogP contribution in [0.15, 0.2) is 18.2 Å². The predicted octanol–water partition coefficient (Wildman–Crippen LogP) is 2.37. The van der Waals surface area contributed by atoms with Crippen LogP contribution in [0.5, 0.6) is 0 Å². The van der Waals surface area contributed by atoms with Gasteiger partial charge in [-0.3, -0.25) is 15.0 Å². The molecule has 0 spiro atoms. The SMILES string of the molecule is CCCNc1c(CN2CCCC2CO)cccc1[N+](=O)[O-]. The number of rotatable bonds is 7. The first kappa shape index (κ1) is 15.7. The normalized spacial score (nSPS) is 18.9. The van der Waals surface area contributed by atoms with Gasteiger partial charge >= 0.3 is 0 Å². The molecule has 1 aromatic carbocycles. The molecule has 116 valence electrons. The summed E-state index contributed by atoms with van der Waals surface area (Å²) in [4.78, 5) is 13.1. The van der Waals surface area contributed by atoms with E-state index in [-0.39, 0.29) is 23.3 Å². The predicted molar refractivity (Wildman–Crippen MR) is 82.4 cm³/mol. The Labute approximate surface area is 124 Å². The van der Waals surface area contributed by atoms with Crippen molar-refractivity contribution in [2.24, 2.45) is 0 Å². The molecule has 0 radical (unpaired) electrons. The van der Waals surface area contributed by atoms with Crippen molar-refractivity contribution in [3.8, 4) is 0 Å². The summed E-state index contributed by atoms with van der Waals surface area (Å²) in [5.41, 5.74) is 1.67. The highest BCUT2D eigenvalue weighted by atomic mass is 16.6.